The number of phenolic OH excluding ortho intramolecular Hbond substituents is 2. The Balaban J connectivity index is 1.78. The molecule has 2 aliphatic rings. The predicted octanol–water partition coefficient (Wildman–Crippen LogP) is 4.77. The third-order valence-electron chi connectivity index (χ3n) is 6.29. The summed E-state index contributed by atoms with van der Waals surface area (Å²) in [4.78, 5) is 0. The summed E-state index contributed by atoms with van der Waals surface area (Å²) >= 11 is 0. The number of phenols is 2. The Bertz CT molecular complexity index is 891. The molecule has 3 nitrogen and oxygen atoms in total. The summed E-state index contributed by atoms with van der Waals surface area (Å²) in [5, 5.41) is 28.6. The van der Waals surface area contributed by atoms with Crippen molar-refractivity contribution >= 4 is 0 Å². The first-order valence-electron chi connectivity index (χ1n) is 9.28. The molecule has 2 aromatic rings. The number of hydrogen-bond donors (Lipinski definition) is 2. The van der Waals surface area contributed by atoms with Gasteiger partial charge >= 0.3 is 0 Å². The molecule has 0 aliphatic heterocycles. The predicted molar refractivity (Wildman–Crippen MR) is 101 cm³/mol. The van der Waals surface area contributed by atoms with E-state index in [0.29, 0.717) is 17.4 Å². The van der Waals surface area contributed by atoms with Gasteiger partial charge in [0.15, 0.2) is 0 Å². The van der Waals surface area contributed by atoms with Crippen LogP contribution in [0.1, 0.15) is 42.4 Å². The van der Waals surface area contributed by atoms with Gasteiger partial charge in [0.1, 0.15) is 11.5 Å². The third kappa shape index (κ3) is 2.86. The highest BCUT2D eigenvalue weighted by molar-refractivity contribution is 5.45. The van der Waals surface area contributed by atoms with E-state index in [1.165, 1.54) is 22.3 Å². The summed E-state index contributed by atoms with van der Waals surface area (Å²) in [5.74, 6) is 1.13. The number of benzene rings is 2. The van der Waals surface area contributed by atoms with Crippen molar-refractivity contribution in [3.05, 3.63) is 70.8 Å². The molecular weight excluding hydrogens is 322 g/mol. The van der Waals surface area contributed by atoms with Gasteiger partial charge in [-0.2, -0.15) is 5.26 Å². The van der Waals surface area contributed by atoms with Crippen molar-refractivity contribution in [1.82, 2.24) is 0 Å². The third-order valence-corrected chi connectivity index (χ3v) is 6.29. The molecule has 4 rings (SSSR count). The molecule has 0 radical (unpaired) electrons. The lowest BCUT2D eigenvalue weighted by Gasteiger charge is -2.49. The fraction of sp³-hybridized carbons (Fsp3) is 0.348. The number of nitriles is 1. The number of allylic oxidation sites excluding steroid dienone is 2. The zero-order chi connectivity index (χ0) is 18.1. The molecule has 0 saturated heterocycles. The molecule has 0 heterocycles. The van der Waals surface area contributed by atoms with E-state index >= 15 is 0 Å². The van der Waals surface area contributed by atoms with E-state index < -0.39 is 0 Å². The van der Waals surface area contributed by atoms with Gasteiger partial charge in [0.25, 0.3) is 0 Å². The number of nitrogens with zero attached hydrogens (tertiary/aromatic N) is 1. The summed E-state index contributed by atoms with van der Waals surface area (Å²) in [5.41, 5.74) is 5.14. The van der Waals surface area contributed by atoms with Crippen molar-refractivity contribution in [2.45, 2.75) is 43.9 Å². The summed E-state index contributed by atoms with van der Waals surface area (Å²) in [6, 6.07) is 15.6. The summed E-state index contributed by atoms with van der Waals surface area (Å²) < 4.78 is 0. The molecule has 2 atom stereocenters. The lowest BCUT2D eigenvalue weighted by Crippen LogP contribution is -2.44. The molecule has 132 valence electrons. The number of hydrogen-bond acceptors (Lipinski definition) is 3. The van der Waals surface area contributed by atoms with Crippen LogP contribution in [0.2, 0.25) is 0 Å². The second kappa shape index (κ2) is 6.53. The van der Waals surface area contributed by atoms with Crippen LogP contribution in [0, 0.1) is 17.2 Å². The molecule has 2 aromatic carbocycles. The largest absolute Gasteiger partial charge is 0.508 e. The van der Waals surface area contributed by atoms with Gasteiger partial charge in [-0.25, -0.2) is 0 Å². The molecule has 0 spiro atoms. The highest BCUT2D eigenvalue weighted by Gasteiger charge is 2.46. The van der Waals surface area contributed by atoms with Gasteiger partial charge in [0.05, 0.1) is 6.07 Å². The van der Waals surface area contributed by atoms with E-state index in [1.54, 1.807) is 24.3 Å². The van der Waals surface area contributed by atoms with E-state index in [2.05, 4.69) is 12.1 Å². The van der Waals surface area contributed by atoms with Crippen molar-refractivity contribution in [3.8, 4) is 17.6 Å². The first-order chi connectivity index (χ1) is 12.6. The normalized spacial score (nSPS) is 26.0. The van der Waals surface area contributed by atoms with Crippen LogP contribution in [-0.4, -0.2) is 10.2 Å². The topological polar surface area (TPSA) is 64.2 Å². The van der Waals surface area contributed by atoms with Gasteiger partial charge in [0, 0.05) is 11.5 Å². The van der Waals surface area contributed by atoms with Gasteiger partial charge in [-0.05, 0) is 85.4 Å². The van der Waals surface area contributed by atoms with Crippen molar-refractivity contribution in [3.63, 3.8) is 0 Å². The molecule has 2 aliphatic carbocycles. The van der Waals surface area contributed by atoms with Crippen molar-refractivity contribution in [2.75, 3.05) is 0 Å². The molecular formula is C23H23NO2. The first kappa shape index (κ1) is 16.7. The Morgan fingerprint density at radius 1 is 1.08 bits per heavy atom. The molecule has 0 unspecified atom stereocenters. The Hall–Kier alpha value is -2.73. The fourth-order valence-electron chi connectivity index (χ4n) is 5.07. The number of fused-ring (bicyclic) bond motifs is 3. The number of rotatable bonds is 2. The standard InChI is InChI=1S/C23H23NO2/c24-12-10-16-9-11-23(15-17-1-5-20(25)6-2-17)19(13-16)4-3-18-14-21(26)7-8-22(18)23/h1-2,5-8,10,14,19,25-26H,3-4,9,11,13,15H2/b16-10-/t19-,23-/m0/s1. The highest BCUT2D eigenvalue weighted by Crippen LogP contribution is 2.53. The van der Waals surface area contributed by atoms with Crippen LogP contribution in [0.5, 0.6) is 11.5 Å². The summed E-state index contributed by atoms with van der Waals surface area (Å²) in [6.07, 6.45) is 7.66. The first-order valence-corrected chi connectivity index (χ1v) is 9.28. The van der Waals surface area contributed by atoms with Crippen LogP contribution >= 0.6 is 0 Å². The molecule has 2 N–H and O–H groups in total. The molecule has 0 aromatic heterocycles. The minimum absolute atomic E-state index is 0.0328. The lowest BCUT2D eigenvalue weighted by atomic mass is 9.54. The molecule has 0 bridgehead atoms. The van der Waals surface area contributed by atoms with E-state index in [-0.39, 0.29) is 5.41 Å². The van der Waals surface area contributed by atoms with Crippen LogP contribution in [-0.2, 0) is 18.3 Å². The second-order valence-corrected chi connectivity index (χ2v) is 7.71. The van der Waals surface area contributed by atoms with Crippen LogP contribution in [0.3, 0.4) is 0 Å². The molecule has 0 amide bonds. The van der Waals surface area contributed by atoms with Gasteiger partial charge in [-0.1, -0.05) is 23.8 Å². The quantitative estimate of drug-likeness (QED) is 0.770. The van der Waals surface area contributed by atoms with Gasteiger partial charge in [-0.3, -0.25) is 0 Å². The molecule has 26 heavy (non-hydrogen) atoms. The number of aromatic hydroxyl groups is 2. The van der Waals surface area contributed by atoms with Gasteiger partial charge < -0.3 is 10.2 Å². The van der Waals surface area contributed by atoms with E-state index in [9.17, 15) is 10.2 Å². The zero-order valence-corrected chi connectivity index (χ0v) is 14.8. The maximum Gasteiger partial charge on any atom is 0.115 e. The lowest BCUT2D eigenvalue weighted by molar-refractivity contribution is 0.186. The average Bonchev–Trinajstić information content (AvgIpc) is 2.64. The summed E-state index contributed by atoms with van der Waals surface area (Å²) in [6.45, 7) is 0. The monoisotopic (exact) mass is 345 g/mol. The highest BCUT2D eigenvalue weighted by atomic mass is 16.3. The number of aryl methyl sites for hydroxylation is 1. The van der Waals surface area contributed by atoms with E-state index in [1.807, 2.05) is 18.2 Å². The maximum absolute atomic E-state index is 9.93. The second-order valence-electron chi connectivity index (χ2n) is 7.71. The molecule has 1 saturated carbocycles. The Labute approximate surface area is 154 Å². The Kier molecular flexibility index (Phi) is 4.20. The van der Waals surface area contributed by atoms with E-state index in [0.717, 1.165) is 38.5 Å². The Morgan fingerprint density at radius 3 is 2.62 bits per heavy atom. The van der Waals surface area contributed by atoms with Crippen molar-refractivity contribution in [1.29, 1.82) is 5.26 Å². The molecule has 1 fully saturated rings. The average molecular weight is 345 g/mol. The van der Waals surface area contributed by atoms with Crippen molar-refractivity contribution < 1.29 is 10.2 Å². The van der Waals surface area contributed by atoms with Crippen LogP contribution in [0.4, 0.5) is 0 Å². The van der Waals surface area contributed by atoms with Crippen LogP contribution in [0.15, 0.2) is 54.1 Å². The van der Waals surface area contributed by atoms with Crippen molar-refractivity contribution in [2.24, 2.45) is 5.92 Å². The molecule has 3 heteroatoms. The minimum Gasteiger partial charge on any atom is -0.508 e. The zero-order valence-electron chi connectivity index (χ0n) is 14.8. The van der Waals surface area contributed by atoms with Gasteiger partial charge in [0.2, 0.25) is 0 Å². The summed E-state index contributed by atoms with van der Waals surface area (Å²) in [7, 11) is 0. The fourth-order valence-corrected chi connectivity index (χ4v) is 5.07. The Morgan fingerprint density at radius 2 is 1.85 bits per heavy atom. The SMILES string of the molecule is N#C/C=C1/CC[C@@]2(Cc3ccc(O)cc3)c3ccc(O)cc3CC[C@H]2C1. The van der Waals surface area contributed by atoms with Crippen LogP contribution < -0.4 is 0 Å². The smallest absolute Gasteiger partial charge is 0.115 e. The minimum atomic E-state index is 0.0328. The van der Waals surface area contributed by atoms with E-state index in [4.69, 9.17) is 5.26 Å². The van der Waals surface area contributed by atoms with Gasteiger partial charge in [-0.15, -0.1) is 0 Å². The van der Waals surface area contributed by atoms with Crippen LogP contribution in [0.25, 0.3) is 0 Å². The maximum atomic E-state index is 9.93.